The van der Waals surface area contributed by atoms with E-state index in [1.807, 2.05) is 6.92 Å². The minimum absolute atomic E-state index is 0.133. The summed E-state index contributed by atoms with van der Waals surface area (Å²) in [5.41, 5.74) is 0. The van der Waals surface area contributed by atoms with E-state index in [-0.39, 0.29) is 12.1 Å². The van der Waals surface area contributed by atoms with Crippen molar-refractivity contribution in [2.75, 3.05) is 0 Å². The van der Waals surface area contributed by atoms with Crippen LogP contribution in [0.1, 0.15) is 45.4 Å². The molecule has 2 unspecified atom stereocenters. The van der Waals surface area contributed by atoms with E-state index in [1.54, 1.807) is 0 Å². The minimum atomic E-state index is -0.937. The topological polar surface area (TPSA) is 78.4 Å². The lowest BCUT2D eigenvalue weighted by atomic mass is 9.80. The van der Waals surface area contributed by atoms with Gasteiger partial charge in [-0.3, -0.25) is 0 Å². The van der Waals surface area contributed by atoms with E-state index in [9.17, 15) is 9.59 Å². The third-order valence-corrected chi connectivity index (χ3v) is 4.09. The Hall–Kier alpha value is -1.26. The highest BCUT2D eigenvalue weighted by Gasteiger charge is 2.31. The standard InChI is InChI=1S/C13H22N2O3/c1-8(10-3-2-4-10)14-13(18)15-11(12(16)17)7-9-5-6-9/h8-11H,2-7H2,1H3,(H,16,17)(H2,14,15,18). The number of carbonyl (C=O) groups is 2. The molecule has 2 amide bonds. The Bertz CT molecular complexity index is 324. The first-order chi connectivity index (χ1) is 8.56. The predicted octanol–water partition coefficient (Wildman–Crippen LogP) is 1.73. The first-order valence-electron chi connectivity index (χ1n) is 6.86. The summed E-state index contributed by atoms with van der Waals surface area (Å²) in [6.45, 7) is 1.99. The number of urea groups is 1. The molecule has 0 saturated heterocycles. The Labute approximate surface area is 107 Å². The Morgan fingerprint density at radius 2 is 1.89 bits per heavy atom. The summed E-state index contributed by atoms with van der Waals surface area (Å²) in [4.78, 5) is 22.8. The van der Waals surface area contributed by atoms with E-state index in [4.69, 9.17) is 5.11 Å². The lowest BCUT2D eigenvalue weighted by Crippen LogP contribution is -2.50. The molecule has 5 nitrogen and oxygen atoms in total. The lowest BCUT2D eigenvalue weighted by molar-refractivity contribution is -0.139. The van der Waals surface area contributed by atoms with Crippen LogP contribution in [0.5, 0.6) is 0 Å². The van der Waals surface area contributed by atoms with Gasteiger partial charge in [0, 0.05) is 6.04 Å². The van der Waals surface area contributed by atoms with Crippen molar-refractivity contribution >= 4 is 12.0 Å². The van der Waals surface area contributed by atoms with Gasteiger partial charge in [-0.05, 0) is 38.0 Å². The van der Waals surface area contributed by atoms with Crippen molar-refractivity contribution in [3.05, 3.63) is 0 Å². The van der Waals surface area contributed by atoms with Crippen molar-refractivity contribution in [3.63, 3.8) is 0 Å². The molecule has 0 aromatic heterocycles. The zero-order valence-electron chi connectivity index (χ0n) is 10.8. The number of amides is 2. The molecule has 2 rings (SSSR count). The summed E-state index contributed by atoms with van der Waals surface area (Å²) in [7, 11) is 0. The van der Waals surface area contributed by atoms with Crippen LogP contribution < -0.4 is 10.6 Å². The summed E-state index contributed by atoms with van der Waals surface area (Å²) in [6.07, 6.45) is 6.28. The van der Waals surface area contributed by atoms with Crippen molar-refractivity contribution in [3.8, 4) is 0 Å². The van der Waals surface area contributed by atoms with Crippen molar-refractivity contribution in [1.29, 1.82) is 0 Å². The highest BCUT2D eigenvalue weighted by Crippen LogP contribution is 2.33. The normalized spacial score (nSPS) is 22.7. The molecule has 0 aromatic rings. The summed E-state index contributed by atoms with van der Waals surface area (Å²) in [5, 5.41) is 14.5. The second-order valence-corrected chi connectivity index (χ2v) is 5.67. The molecule has 0 aliphatic heterocycles. The van der Waals surface area contributed by atoms with Crippen LogP contribution in [0.25, 0.3) is 0 Å². The van der Waals surface area contributed by atoms with E-state index < -0.39 is 12.0 Å². The number of hydrogen-bond donors (Lipinski definition) is 3. The summed E-state index contributed by atoms with van der Waals surface area (Å²) >= 11 is 0. The van der Waals surface area contributed by atoms with Gasteiger partial charge < -0.3 is 15.7 Å². The fourth-order valence-corrected chi connectivity index (χ4v) is 2.37. The second-order valence-electron chi connectivity index (χ2n) is 5.67. The number of carboxylic acids is 1. The van der Waals surface area contributed by atoms with E-state index in [0.717, 1.165) is 25.7 Å². The van der Waals surface area contributed by atoms with Crippen molar-refractivity contribution < 1.29 is 14.7 Å². The van der Waals surface area contributed by atoms with Crippen LogP contribution in [-0.4, -0.2) is 29.2 Å². The molecule has 2 atom stereocenters. The maximum Gasteiger partial charge on any atom is 0.326 e. The second kappa shape index (κ2) is 5.59. The van der Waals surface area contributed by atoms with Gasteiger partial charge in [0.25, 0.3) is 0 Å². The van der Waals surface area contributed by atoms with Crippen LogP contribution in [0.4, 0.5) is 4.79 Å². The smallest absolute Gasteiger partial charge is 0.326 e. The first-order valence-corrected chi connectivity index (χ1v) is 6.86. The third-order valence-electron chi connectivity index (χ3n) is 4.09. The molecule has 0 heterocycles. The Balaban J connectivity index is 1.74. The van der Waals surface area contributed by atoms with Crippen LogP contribution in [0.3, 0.4) is 0 Å². The molecule has 2 saturated carbocycles. The number of aliphatic carboxylic acids is 1. The largest absolute Gasteiger partial charge is 0.480 e. The fourth-order valence-electron chi connectivity index (χ4n) is 2.37. The van der Waals surface area contributed by atoms with Gasteiger partial charge in [-0.2, -0.15) is 0 Å². The van der Waals surface area contributed by atoms with Crippen molar-refractivity contribution in [2.45, 2.75) is 57.5 Å². The van der Waals surface area contributed by atoms with Crippen LogP contribution in [0.15, 0.2) is 0 Å². The summed E-state index contributed by atoms with van der Waals surface area (Å²) < 4.78 is 0. The molecule has 2 aliphatic rings. The van der Waals surface area contributed by atoms with E-state index in [0.29, 0.717) is 18.3 Å². The molecule has 5 heteroatoms. The van der Waals surface area contributed by atoms with Crippen LogP contribution in [0.2, 0.25) is 0 Å². The number of nitrogens with one attached hydrogen (secondary N) is 2. The number of rotatable bonds is 6. The van der Waals surface area contributed by atoms with E-state index >= 15 is 0 Å². The Kier molecular flexibility index (Phi) is 4.09. The average Bonchev–Trinajstić information content (AvgIpc) is 2.96. The molecule has 102 valence electrons. The molecular weight excluding hydrogens is 232 g/mol. The van der Waals surface area contributed by atoms with Gasteiger partial charge in [-0.15, -0.1) is 0 Å². The maximum atomic E-state index is 11.7. The molecular formula is C13H22N2O3. The van der Waals surface area contributed by atoms with Crippen LogP contribution in [-0.2, 0) is 4.79 Å². The van der Waals surface area contributed by atoms with Gasteiger partial charge in [0.2, 0.25) is 0 Å². The molecule has 0 spiro atoms. The van der Waals surface area contributed by atoms with E-state index in [2.05, 4.69) is 10.6 Å². The molecule has 0 aromatic carbocycles. The van der Waals surface area contributed by atoms with Gasteiger partial charge in [0.05, 0.1) is 0 Å². The number of hydrogen-bond acceptors (Lipinski definition) is 2. The van der Waals surface area contributed by atoms with Gasteiger partial charge in [0.15, 0.2) is 0 Å². The van der Waals surface area contributed by atoms with Gasteiger partial charge in [0.1, 0.15) is 6.04 Å². The lowest BCUT2D eigenvalue weighted by Gasteiger charge is -2.32. The van der Waals surface area contributed by atoms with Gasteiger partial charge in [-0.1, -0.05) is 19.3 Å². The number of carbonyl (C=O) groups excluding carboxylic acids is 1. The Morgan fingerprint density at radius 1 is 1.22 bits per heavy atom. The molecule has 2 aliphatic carbocycles. The molecule has 2 fully saturated rings. The van der Waals surface area contributed by atoms with Crippen LogP contribution in [0, 0.1) is 11.8 Å². The highest BCUT2D eigenvalue weighted by atomic mass is 16.4. The van der Waals surface area contributed by atoms with Gasteiger partial charge in [-0.25, -0.2) is 9.59 Å². The average molecular weight is 254 g/mol. The molecule has 0 bridgehead atoms. The molecule has 0 radical (unpaired) electrons. The van der Waals surface area contributed by atoms with E-state index in [1.165, 1.54) is 6.42 Å². The van der Waals surface area contributed by atoms with Crippen molar-refractivity contribution in [2.24, 2.45) is 11.8 Å². The summed E-state index contributed by atoms with van der Waals surface area (Å²) in [5.74, 6) is 0.103. The zero-order valence-corrected chi connectivity index (χ0v) is 10.8. The monoisotopic (exact) mass is 254 g/mol. The molecule has 3 N–H and O–H groups in total. The maximum absolute atomic E-state index is 11.7. The molecule has 18 heavy (non-hydrogen) atoms. The fraction of sp³-hybridized carbons (Fsp3) is 0.846. The minimum Gasteiger partial charge on any atom is -0.480 e. The Morgan fingerprint density at radius 3 is 2.33 bits per heavy atom. The summed E-state index contributed by atoms with van der Waals surface area (Å²) in [6, 6.07) is -0.956. The van der Waals surface area contributed by atoms with Gasteiger partial charge >= 0.3 is 12.0 Å². The highest BCUT2D eigenvalue weighted by molar-refractivity contribution is 5.82. The SMILES string of the molecule is CC(NC(=O)NC(CC1CC1)C(=O)O)C1CCC1. The van der Waals surface area contributed by atoms with Crippen LogP contribution >= 0.6 is 0 Å². The zero-order chi connectivity index (χ0) is 13.1. The number of carboxylic acid groups (broad SMARTS) is 1. The quantitative estimate of drug-likeness (QED) is 0.675. The predicted molar refractivity (Wildman–Crippen MR) is 67.2 cm³/mol. The first kappa shape index (κ1) is 13.2. The third kappa shape index (κ3) is 3.62. The van der Waals surface area contributed by atoms with Crippen molar-refractivity contribution in [1.82, 2.24) is 10.6 Å².